The van der Waals surface area contributed by atoms with Crippen molar-refractivity contribution in [2.24, 2.45) is 0 Å². The molecule has 0 bridgehead atoms. The van der Waals surface area contributed by atoms with Gasteiger partial charge in [0.2, 0.25) is 11.1 Å². The summed E-state index contributed by atoms with van der Waals surface area (Å²) in [6.45, 7) is 5.68. The minimum Gasteiger partial charge on any atom is -0.274 e. The van der Waals surface area contributed by atoms with Crippen LogP contribution in [0.1, 0.15) is 30.7 Å². The van der Waals surface area contributed by atoms with Gasteiger partial charge in [-0.2, -0.15) is 4.68 Å². The van der Waals surface area contributed by atoms with E-state index in [4.69, 9.17) is 4.98 Å². The third-order valence-electron chi connectivity index (χ3n) is 4.79. The van der Waals surface area contributed by atoms with Crippen LogP contribution in [-0.2, 0) is 17.0 Å². The highest BCUT2D eigenvalue weighted by molar-refractivity contribution is 7.98. The van der Waals surface area contributed by atoms with E-state index in [0.717, 1.165) is 34.6 Å². The van der Waals surface area contributed by atoms with E-state index in [1.165, 1.54) is 23.1 Å². The Kier molecular flexibility index (Phi) is 6.43. The van der Waals surface area contributed by atoms with Crippen LogP contribution in [-0.4, -0.2) is 31.1 Å². The van der Waals surface area contributed by atoms with E-state index in [1.807, 2.05) is 60.8 Å². The molecule has 0 spiro atoms. The Morgan fingerprint density at radius 1 is 1.16 bits per heavy atom. The number of nitrogens with zero attached hydrogens (tertiary/aromatic N) is 6. The first-order valence-corrected chi connectivity index (χ1v) is 11.7. The Morgan fingerprint density at radius 3 is 2.71 bits per heavy atom. The fourth-order valence-corrected chi connectivity index (χ4v) is 5.02. The number of anilines is 2. The van der Waals surface area contributed by atoms with Gasteiger partial charge in [-0.1, -0.05) is 55.1 Å². The van der Waals surface area contributed by atoms with E-state index in [2.05, 4.69) is 22.4 Å². The van der Waals surface area contributed by atoms with Gasteiger partial charge in [0.1, 0.15) is 0 Å². The Morgan fingerprint density at radius 2 is 1.94 bits per heavy atom. The van der Waals surface area contributed by atoms with Crippen LogP contribution < -0.4 is 4.90 Å². The predicted octanol–water partition coefficient (Wildman–Crippen LogP) is 4.97. The van der Waals surface area contributed by atoms with Gasteiger partial charge in [-0.15, -0.1) is 16.4 Å². The highest BCUT2D eigenvalue weighted by Gasteiger charge is 2.20. The van der Waals surface area contributed by atoms with Gasteiger partial charge >= 0.3 is 0 Å². The highest BCUT2D eigenvalue weighted by Crippen LogP contribution is 2.33. The lowest BCUT2D eigenvalue weighted by Crippen LogP contribution is -2.23. The Bertz CT molecular complexity index is 1200. The van der Waals surface area contributed by atoms with Crippen molar-refractivity contribution in [2.45, 2.75) is 38.1 Å². The summed E-state index contributed by atoms with van der Waals surface area (Å²) in [5.74, 6) is 0.544. The first-order chi connectivity index (χ1) is 15.1. The zero-order valence-corrected chi connectivity index (χ0v) is 19.2. The number of aryl methyl sites for hydroxylation is 2. The molecule has 1 amide bonds. The smallest absolute Gasteiger partial charge is 0.230 e. The molecule has 0 radical (unpaired) electrons. The zero-order valence-electron chi connectivity index (χ0n) is 17.5. The summed E-state index contributed by atoms with van der Waals surface area (Å²) in [6, 6.07) is 15.9. The molecule has 2 aromatic heterocycles. The second-order valence-electron chi connectivity index (χ2n) is 6.91. The Labute approximate surface area is 189 Å². The Hall–Kier alpha value is -3.04. The molecule has 0 N–H and O–H groups in total. The fourth-order valence-electron chi connectivity index (χ4n) is 3.26. The average Bonchev–Trinajstić information content (AvgIpc) is 3.42. The van der Waals surface area contributed by atoms with E-state index >= 15 is 0 Å². The number of benzene rings is 2. The second kappa shape index (κ2) is 9.40. The molecule has 31 heavy (non-hydrogen) atoms. The largest absolute Gasteiger partial charge is 0.274 e. The molecule has 0 atom stereocenters. The molecule has 7 nitrogen and oxygen atoms in total. The number of carbonyl (C=O) groups is 1. The molecule has 0 saturated carbocycles. The van der Waals surface area contributed by atoms with Crippen molar-refractivity contribution in [1.82, 2.24) is 25.2 Å². The number of hydrogen-bond donors (Lipinski definition) is 0. The van der Waals surface area contributed by atoms with Crippen LogP contribution in [0.2, 0.25) is 0 Å². The number of thiazole rings is 1. The number of amides is 1. The molecule has 0 unspecified atom stereocenters. The summed E-state index contributed by atoms with van der Waals surface area (Å²) in [5.41, 5.74) is 4.92. The third-order valence-corrected chi connectivity index (χ3v) is 6.62. The van der Waals surface area contributed by atoms with E-state index < -0.39 is 0 Å². The van der Waals surface area contributed by atoms with Crippen molar-refractivity contribution in [1.29, 1.82) is 0 Å². The Balaban J connectivity index is 1.55. The summed E-state index contributed by atoms with van der Waals surface area (Å²) in [7, 11) is 0. The van der Waals surface area contributed by atoms with Gasteiger partial charge in [0.05, 0.1) is 17.1 Å². The number of aromatic nitrogens is 5. The molecule has 9 heteroatoms. The van der Waals surface area contributed by atoms with Gasteiger partial charge in [0.25, 0.3) is 0 Å². The summed E-state index contributed by atoms with van der Waals surface area (Å²) >= 11 is 2.98. The van der Waals surface area contributed by atoms with Crippen LogP contribution in [0.4, 0.5) is 10.8 Å². The molecule has 0 aliphatic carbocycles. The molecule has 4 rings (SSSR count). The minimum atomic E-state index is -0.0575. The summed E-state index contributed by atoms with van der Waals surface area (Å²) in [4.78, 5) is 18.9. The van der Waals surface area contributed by atoms with Crippen LogP contribution in [0.5, 0.6) is 0 Å². The summed E-state index contributed by atoms with van der Waals surface area (Å²) in [6.07, 6.45) is 0.843. The van der Waals surface area contributed by atoms with Crippen molar-refractivity contribution in [3.05, 3.63) is 70.7 Å². The van der Waals surface area contributed by atoms with Crippen molar-refractivity contribution < 1.29 is 4.79 Å². The number of para-hydroxylation sites is 2. The quantitative estimate of drug-likeness (QED) is 0.370. The normalized spacial score (nSPS) is 10.9. The van der Waals surface area contributed by atoms with Crippen molar-refractivity contribution in [3.8, 4) is 5.69 Å². The molecular weight excluding hydrogens is 428 g/mol. The molecule has 2 aromatic carbocycles. The van der Waals surface area contributed by atoms with Crippen LogP contribution in [0.3, 0.4) is 0 Å². The van der Waals surface area contributed by atoms with Crippen molar-refractivity contribution in [3.63, 3.8) is 0 Å². The summed E-state index contributed by atoms with van der Waals surface area (Å²) < 4.78 is 1.74. The number of thioether (sulfide) groups is 1. The minimum absolute atomic E-state index is 0.0575. The van der Waals surface area contributed by atoms with E-state index in [9.17, 15) is 4.79 Å². The van der Waals surface area contributed by atoms with Crippen molar-refractivity contribution in [2.75, 3.05) is 4.90 Å². The lowest BCUT2D eigenvalue weighted by Gasteiger charge is -2.20. The zero-order chi connectivity index (χ0) is 21.8. The van der Waals surface area contributed by atoms with E-state index in [0.29, 0.717) is 16.0 Å². The molecule has 158 valence electrons. The van der Waals surface area contributed by atoms with Crippen LogP contribution in [0.25, 0.3) is 5.69 Å². The van der Waals surface area contributed by atoms with E-state index in [1.54, 1.807) is 16.5 Å². The lowest BCUT2D eigenvalue weighted by atomic mass is 10.1. The van der Waals surface area contributed by atoms with E-state index in [-0.39, 0.29) is 5.91 Å². The molecule has 2 heterocycles. The van der Waals surface area contributed by atoms with Crippen LogP contribution >= 0.6 is 23.1 Å². The maximum absolute atomic E-state index is 12.5. The maximum Gasteiger partial charge on any atom is 0.230 e. The fraction of sp³-hybridized carbons (Fsp3) is 0.227. The number of carbonyl (C=O) groups excluding carboxylic acids is 1. The molecule has 0 aliphatic rings. The SMILES string of the molecule is CCc1ccccc1N(C(C)=O)c1nc(CSc2nnnn2-c2ccccc2C)cs1. The predicted molar refractivity (Wildman–Crippen MR) is 124 cm³/mol. The third kappa shape index (κ3) is 4.52. The standard InChI is InChI=1S/C22H22N6OS2/c1-4-17-10-6-8-12-20(17)27(16(3)29)21-23-18(13-30-21)14-31-22-24-25-26-28(22)19-11-7-5-9-15(19)2/h5-13H,4,14H2,1-3H3. The lowest BCUT2D eigenvalue weighted by molar-refractivity contribution is -0.115. The van der Waals surface area contributed by atoms with Crippen molar-refractivity contribution >= 4 is 39.8 Å². The van der Waals surface area contributed by atoms with Gasteiger partial charge < -0.3 is 0 Å². The second-order valence-corrected chi connectivity index (χ2v) is 8.69. The summed E-state index contributed by atoms with van der Waals surface area (Å²) in [5, 5.41) is 15.5. The first kappa shape index (κ1) is 21.2. The maximum atomic E-state index is 12.5. The molecule has 0 fully saturated rings. The molecule has 4 aromatic rings. The van der Waals surface area contributed by atoms with Gasteiger partial charge in [-0.3, -0.25) is 9.69 Å². The molecular formula is C22H22N6OS2. The molecule has 0 saturated heterocycles. The van der Waals surface area contributed by atoms with Crippen LogP contribution in [0.15, 0.2) is 59.1 Å². The average molecular weight is 451 g/mol. The monoisotopic (exact) mass is 450 g/mol. The topological polar surface area (TPSA) is 76.8 Å². The van der Waals surface area contributed by atoms with Gasteiger partial charge in [-0.25, -0.2) is 4.98 Å². The van der Waals surface area contributed by atoms with Crippen LogP contribution in [0, 0.1) is 6.92 Å². The molecule has 0 aliphatic heterocycles. The van der Waals surface area contributed by atoms with Gasteiger partial charge in [-0.05, 0) is 47.0 Å². The highest BCUT2D eigenvalue weighted by atomic mass is 32.2. The number of hydrogen-bond acceptors (Lipinski definition) is 7. The number of tetrazole rings is 1. The number of rotatable bonds is 7. The van der Waals surface area contributed by atoms with Gasteiger partial charge in [0, 0.05) is 18.1 Å². The van der Waals surface area contributed by atoms with Gasteiger partial charge in [0.15, 0.2) is 5.13 Å². The first-order valence-electron chi connectivity index (χ1n) is 9.88.